The van der Waals surface area contributed by atoms with Crippen LogP contribution in [0.25, 0.3) is 10.8 Å². The van der Waals surface area contributed by atoms with Crippen molar-refractivity contribution in [2.75, 3.05) is 6.54 Å². The number of benzene rings is 2. The summed E-state index contributed by atoms with van der Waals surface area (Å²) in [4.78, 5) is 30.6. The van der Waals surface area contributed by atoms with Gasteiger partial charge in [-0.2, -0.15) is 13.9 Å². The quantitative estimate of drug-likeness (QED) is 0.412. The zero-order chi connectivity index (χ0) is 24.9. The molecule has 7 nitrogen and oxygen atoms in total. The van der Waals surface area contributed by atoms with E-state index in [2.05, 4.69) is 31.1 Å². The summed E-state index contributed by atoms with van der Waals surface area (Å²) in [6.45, 7) is 1.03. The van der Waals surface area contributed by atoms with Crippen LogP contribution in [-0.4, -0.2) is 37.1 Å². The third-order valence-corrected chi connectivity index (χ3v) is 6.68. The third-order valence-electron chi connectivity index (χ3n) is 6.05. The second-order valence-electron chi connectivity index (χ2n) is 8.48. The molecule has 2 aromatic carbocycles. The van der Waals surface area contributed by atoms with Crippen LogP contribution in [0.3, 0.4) is 0 Å². The molecule has 0 bridgehead atoms. The van der Waals surface area contributed by atoms with Gasteiger partial charge in [-0.25, -0.2) is 14.5 Å². The van der Waals surface area contributed by atoms with Gasteiger partial charge in [0.15, 0.2) is 5.82 Å². The van der Waals surface area contributed by atoms with Gasteiger partial charge in [0.1, 0.15) is 10.4 Å². The lowest BCUT2D eigenvalue weighted by molar-refractivity contribution is 0.00249. The van der Waals surface area contributed by atoms with E-state index in [1.807, 2.05) is 0 Å². The monoisotopic (exact) mass is 545 g/mol. The minimum absolute atomic E-state index is 0.0122. The normalized spacial score (nSPS) is 13.8. The Labute approximate surface area is 205 Å². The van der Waals surface area contributed by atoms with Crippen LogP contribution < -0.4 is 5.56 Å². The second-order valence-corrected chi connectivity index (χ2v) is 9.23. The Morgan fingerprint density at radius 1 is 1.17 bits per heavy atom. The maximum atomic E-state index is 14.7. The molecule has 0 aliphatic carbocycles. The molecule has 0 spiro atoms. The van der Waals surface area contributed by atoms with Crippen LogP contribution in [0.4, 0.5) is 13.2 Å². The van der Waals surface area contributed by atoms with Crippen molar-refractivity contribution in [1.82, 2.24) is 24.6 Å². The first kappa shape index (κ1) is 23.3. The summed E-state index contributed by atoms with van der Waals surface area (Å²) in [6.07, 6.45) is 0.269. The van der Waals surface area contributed by atoms with E-state index < -0.39 is 17.6 Å². The number of rotatable bonds is 4. The molecule has 35 heavy (non-hydrogen) atoms. The second kappa shape index (κ2) is 8.63. The van der Waals surface area contributed by atoms with E-state index in [1.165, 1.54) is 21.6 Å². The molecule has 0 saturated heterocycles. The molecule has 0 saturated carbocycles. The van der Waals surface area contributed by atoms with Gasteiger partial charge >= 0.3 is 5.92 Å². The van der Waals surface area contributed by atoms with Crippen LogP contribution in [-0.2, 0) is 25.4 Å². The van der Waals surface area contributed by atoms with E-state index in [1.54, 1.807) is 30.3 Å². The van der Waals surface area contributed by atoms with Crippen molar-refractivity contribution in [2.24, 2.45) is 0 Å². The lowest BCUT2D eigenvalue weighted by atomic mass is 10.0. The predicted molar refractivity (Wildman–Crippen MR) is 126 cm³/mol. The summed E-state index contributed by atoms with van der Waals surface area (Å²) in [5.74, 6) is -4.74. The first-order chi connectivity index (χ1) is 16.6. The Kier molecular flexibility index (Phi) is 5.74. The molecular weight excluding hydrogens is 527 g/mol. The van der Waals surface area contributed by atoms with Gasteiger partial charge in [0.05, 0.1) is 28.9 Å². The molecule has 0 atom stereocenters. The summed E-state index contributed by atoms with van der Waals surface area (Å²) in [5, 5.41) is 7.77. The average molecular weight is 546 g/mol. The summed E-state index contributed by atoms with van der Waals surface area (Å²) in [7, 11) is 0. The molecule has 1 aliphatic heterocycles. The SMILES string of the molecule is CC(F)(F)c1nc(Br)c2n1CCN(C(=O)c1cc(Cc3n[nH]c(=O)c4ccccc34)ccc1F)C2. The molecular formula is C24H19BrF3N5O2. The smallest absolute Gasteiger partial charge is 0.302 e. The molecule has 1 amide bonds. The van der Waals surface area contributed by atoms with Gasteiger partial charge in [0.2, 0.25) is 0 Å². The lowest BCUT2D eigenvalue weighted by Crippen LogP contribution is -2.39. The van der Waals surface area contributed by atoms with E-state index in [0.29, 0.717) is 27.7 Å². The molecule has 0 fully saturated rings. The molecule has 4 aromatic rings. The van der Waals surface area contributed by atoms with Crippen LogP contribution in [0, 0.1) is 5.82 Å². The highest BCUT2D eigenvalue weighted by Gasteiger charge is 2.36. The Bertz CT molecular complexity index is 1530. The van der Waals surface area contributed by atoms with Gasteiger partial charge in [-0.05, 0) is 39.7 Å². The van der Waals surface area contributed by atoms with Crippen molar-refractivity contribution < 1.29 is 18.0 Å². The predicted octanol–water partition coefficient (Wildman–Crippen LogP) is 4.38. The van der Waals surface area contributed by atoms with Gasteiger partial charge in [0.25, 0.3) is 11.5 Å². The summed E-state index contributed by atoms with van der Waals surface area (Å²) < 4.78 is 44.2. The van der Waals surface area contributed by atoms with Gasteiger partial charge in [-0.1, -0.05) is 24.3 Å². The molecule has 1 aliphatic rings. The number of hydrogen-bond donors (Lipinski definition) is 1. The van der Waals surface area contributed by atoms with E-state index in [9.17, 15) is 22.8 Å². The Morgan fingerprint density at radius 2 is 1.91 bits per heavy atom. The highest BCUT2D eigenvalue weighted by Crippen LogP contribution is 2.33. The molecule has 180 valence electrons. The number of amides is 1. The number of aromatic amines is 1. The molecule has 0 unspecified atom stereocenters. The van der Waals surface area contributed by atoms with E-state index in [-0.39, 0.29) is 47.6 Å². The molecule has 3 heterocycles. The van der Waals surface area contributed by atoms with Crippen LogP contribution in [0.2, 0.25) is 0 Å². The molecule has 11 heteroatoms. The summed E-state index contributed by atoms with van der Waals surface area (Å²) in [5.41, 5.74) is 1.22. The lowest BCUT2D eigenvalue weighted by Gasteiger charge is -2.30. The number of fused-ring (bicyclic) bond motifs is 2. The van der Waals surface area contributed by atoms with Crippen LogP contribution in [0.5, 0.6) is 0 Å². The van der Waals surface area contributed by atoms with Gasteiger partial charge < -0.3 is 9.47 Å². The fourth-order valence-corrected chi connectivity index (χ4v) is 4.86. The number of imidazole rings is 1. The van der Waals surface area contributed by atoms with E-state index in [0.717, 1.165) is 6.92 Å². The Hall–Kier alpha value is -3.47. The molecule has 1 N–H and O–H groups in total. The van der Waals surface area contributed by atoms with E-state index >= 15 is 0 Å². The highest BCUT2D eigenvalue weighted by atomic mass is 79.9. The summed E-state index contributed by atoms with van der Waals surface area (Å²) >= 11 is 3.21. The topological polar surface area (TPSA) is 83.9 Å². The number of halogens is 4. The van der Waals surface area contributed by atoms with Crippen molar-refractivity contribution in [2.45, 2.75) is 32.4 Å². The largest absolute Gasteiger partial charge is 0.331 e. The van der Waals surface area contributed by atoms with Gasteiger partial charge in [-0.3, -0.25) is 9.59 Å². The first-order valence-corrected chi connectivity index (χ1v) is 11.6. The first-order valence-electron chi connectivity index (χ1n) is 10.8. The zero-order valence-electron chi connectivity index (χ0n) is 18.5. The molecule has 5 rings (SSSR count). The Morgan fingerprint density at radius 3 is 2.66 bits per heavy atom. The number of aromatic nitrogens is 4. The fourth-order valence-electron chi connectivity index (χ4n) is 4.35. The maximum Gasteiger partial charge on any atom is 0.302 e. The average Bonchev–Trinajstić information content (AvgIpc) is 3.18. The van der Waals surface area contributed by atoms with Crippen molar-refractivity contribution in [1.29, 1.82) is 0 Å². The number of hydrogen-bond acceptors (Lipinski definition) is 4. The standard InChI is InChI=1S/C24H19BrF3N5O2/c1-24(27,28)23-29-20(25)19-12-32(8-9-33(19)23)22(35)16-10-13(6-7-17(16)26)11-18-14-4-2-3-5-15(14)21(34)31-30-18/h2-7,10H,8-9,11-12H2,1H3,(H,31,34). The maximum absolute atomic E-state index is 14.7. The van der Waals surface area contributed by atoms with Crippen molar-refractivity contribution in [3.8, 4) is 0 Å². The number of carbonyl (C=O) groups excluding carboxylic acids is 1. The third kappa shape index (κ3) is 4.24. The summed E-state index contributed by atoms with van der Waals surface area (Å²) in [6, 6.07) is 11.3. The van der Waals surface area contributed by atoms with Crippen molar-refractivity contribution in [3.63, 3.8) is 0 Å². The fraction of sp³-hybridized carbons (Fsp3) is 0.250. The van der Waals surface area contributed by atoms with Crippen LogP contribution >= 0.6 is 15.9 Å². The van der Waals surface area contributed by atoms with E-state index in [4.69, 9.17) is 0 Å². The minimum atomic E-state index is -3.13. The zero-order valence-corrected chi connectivity index (χ0v) is 20.1. The van der Waals surface area contributed by atoms with Gasteiger partial charge in [-0.15, -0.1) is 0 Å². The van der Waals surface area contributed by atoms with Gasteiger partial charge in [0, 0.05) is 31.8 Å². The number of nitrogens with one attached hydrogen (secondary N) is 1. The van der Waals surface area contributed by atoms with Crippen LogP contribution in [0.1, 0.15) is 40.1 Å². The number of nitrogens with zero attached hydrogens (tertiary/aromatic N) is 4. The molecule has 0 radical (unpaired) electrons. The van der Waals surface area contributed by atoms with Crippen molar-refractivity contribution in [3.05, 3.63) is 91.6 Å². The van der Waals surface area contributed by atoms with Crippen molar-refractivity contribution >= 4 is 32.6 Å². The van der Waals surface area contributed by atoms with Crippen LogP contribution in [0.15, 0.2) is 51.9 Å². The molecule has 2 aromatic heterocycles. The number of alkyl halides is 2. The Balaban J connectivity index is 1.43. The number of carbonyl (C=O) groups is 1. The number of H-pyrrole nitrogens is 1. The minimum Gasteiger partial charge on any atom is -0.331 e. The highest BCUT2D eigenvalue weighted by molar-refractivity contribution is 9.10.